The van der Waals surface area contributed by atoms with E-state index in [0.717, 1.165) is 10.4 Å². The summed E-state index contributed by atoms with van der Waals surface area (Å²) >= 11 is 1.57. The topological polar surface area (TPSA) is 79.5 Å². The summed E-state index contributed by atoms with van der Waals surface area (Å²) in [7, 11) is -3.71. The quantitative estimate of drug-likeness (QED) is 0.883. The van der Waals surface area contributed by atoms with Crippen LogP contribution in [-0.4, -0.2) is 13.5 Å². The molecule has 0 aromatic carbocycles. The third-order valence-corrected chi connectivity index (χ3v) is 6.15. The van der Waals surface area contributed by atoms with Crippen molar-refractivity contribution in [2.45, 2.75) is 45.7 Å². The number of aryl methyl sites for hydroxylation is 4. The van der Waals surface area contributed by atoms with Gasteiger partial charge in [0.05, 0.1) is 6.61 Å². The van der Waals surface area contributed by atoms with E-state index < -0.39 is 10.0 Å². The molecular formula is C14H19NO4S2. The average molecular weight is 329 g/mol. The van der Waals surface area contributed by atoms with Gasteiger partial charge in [-0.3, -0.25) is 0 Å². The van der Waals surface area contributed by atoms with Gasteiger partial charge in [0.1, 0.15) is 16.4 Å². The van der Waals surface area contributed by atoms with Crippen LogP contribution in [0.15, 0.2) is 15.4 Å². The lowest BCUT2D eigenvalue weighted by Crippen LogP contribution is -2.24. The van der Waals surface area contributed by atoms with Gasteiger partial charge in [0, 0.05) is 21.9 Å². The van der Waals surface area contributed by atoms with Gasteiger partial charge in [0.2, 0.25) is 10.0 Å². The summed E-state index contributed by atoms with van der Waals surface area (Å²) in [6, 6.07) is 1.98. The molecule has 5 nitrogen and oxygen atoms in total. The van der Waals surface area contributed by atoms with E-state index in [9.17, 15) is 13.5 Å². The van der Waals surface area contributed by atoms with Crippen LogP contribution in [0.25, 0.3) is 0 Å². The Labute approximate surface area is 128 Å². The fraction of sp³-hybridized carbons (Fsp3) is 0.429. The van der Waals surface area contributed by atoms with Gasteiger partial charge in [-0.2, -0.15) is 0 Å². The molecule has 0 aliphatic rings. The maximum Gasteiger partial charge on any atom is 0.244 e. The highest BCUT2D eigenvalue weighted by atomic mass is 32.2. The van der Waals surface area contributed by atoms with E-state index in [1.165, 1.54) is 4.88 Å². The molecule has 0 saturated heterocycles. The second-order valence-corrected chi connectivity index (χ2v) is 8.00. The van der Waals surface area contributed by atoms with Crippen molar-refractivity contribution < 1.29 is 17.9 Å². The first kappa shape index (κ1) is 16.2. The van der Waals surface area contributed by atoms with E-state index in [0.29, 0.717) is 17.1 Å². The largest absolute Gasteiger partial charge is 0.465 e. The molecule has 0 atom stereocenters. The predicted molar refractivity (Wildman–Crippen MR) is 81.9 cm³/mol. The Kier molecular flexibility index (Phi) is 4.57. The highest BCUT2D eigenvalue weighted by Crippen LogP contribution is 2.27. The van der Waals surface area contributed by atoms with Gasteiger partial charge in [-0.15, -0.1) is 11.3 Å². The Hall–Kier alpha value is -1.15. The smallest absolute Gasteiger partial charge is 0.244 e. The molecule has 0 radical (unpaired) electrons. The molecule has 116 valence electrons. The van der Waals surface area contributed by atoms with Crippen molar-refractivity contribution in [1.29, 1.82) is 0 Å². The molecule has 21 heavy (non-hydrogen) atoms. The molecule has 2 aromatic heterocycles. The van der Waals surface area contributed by atoms with Crippen LogP contribution < -0.4 is 4.72 Å². The van der Waals surface area contributed by atoms with Crippen molar-refractivity contribution in [2.75, 3.05) is 0 Å². The van der Waals surface area contributed by atoms with Gasteiger partial charge in [-0.05, 0) is 39.3 Å². The van der Waals surface area contributed by atoms with Crippen LogP contribution in [-0.2, 0) is 23.2 Å². The Morgan fingerprint density at radius 1 is 1.24 bits per heavy atom. The minimum atomic E-state index is -3.71. The number of hydrogen-bond donors (Lipinski definition) is 2. The van der Waals surface area contributed by atoms with Crippen LogP contribution in [0, 0.1) is 27.7 Å². The lowest BCUT2D eigenvalue weighted by atomic mass is 10.2. The second-order valence-electron chi connectivity index (χ2n) is 4.96. The van der Waals surface area contributed by atoms with E-state index in [-0.39, 0.29) is 18.0 Å². The van der Waals surface area contributed by atoms with E-state index >= 15 is 0 Å². The lowest BCUT2D eigenvalue weighted by molar-refractivity contribution is 0.276. The molecule has 0 bridgehead atoms. The van der Waals surface area contributed by atoms with E-state index in [1.54, 1.807) is 25.2 Å². The molecule has 2 N–H and O–H groups in total. The fourth-order valence-electron chi connectivity index (χ4n) is 2.22. The van der Waals surface area contributed by atoms with Crippen LogP contribution in [0.4, 0.5) is 0 Å². The number of hydrogen-bond acceptors (Lipinski definition) is 5. The van der Waals surface area contributed by atoms with Gasteiger partial charge in [-0.25, -0.2) is 13.1 Å². The number of furan rings is 1. The first-order chi connectivity index (χ1) is 9.76. The van der Waals surface area contributed by atoms with Crippen molar-refractivity contribution in [2.24, 2.45) is 0 Å². The standard InChI is InChI=1S/C14H19NO4S2/c1-8-5-12(20-11(8)4)6-15-21(17,18)14-10(3)19-9(2)13(14)7-16/h5,15-16H,6-7H2,1-4H3. The van der Waals surface area contributed by atoms with Crippen molar-refractivity contribution >= 4 is 21.4 Å². The summed E-state index contributed by atoms with van der Waals surface area (Å²) in [5.41, 5.74) is 1.47. The van der Waals surface area contributed by atoms with Gasteiger partial charge in [0.25, 0.3) is 0 Å². The number of aliphatic hydroxyl groups is 1. The van der Waals surface area contributed by atoms with Crippen LogP contribution in [0.5, 0.6) is 0 Å². The molecule has 2 heterocycles. The minimum absolute atomic E-state index is 0.0486. The Morgan fingerprint density at radius 2 is 1.90 bits per heavy atom. The zero-order valence-corrected chi connectivity index (χ0v) is 14.1. The number of aliphatic hydroxyl groups excluding tert-OH is 1. The SMILES string of the molecule is Cc1cc(CNS(=O)(=O)c2c(C)oc(C)c2CO)sc1C. The Balaban J connectivity index is 2.27. The predicted octanol–water partition coefficient (Wildman–Crippen LogP) is 2.55. The van der Waals surface area contributed by atoms with Gasteiger partial charge in [-0.1, -0.05) is 0 Å². The normalized spacial score (nSPS) is 12.0. The number of thiophene rings is 1. The van der Waals surface area contributed by atoms with Crippen molar-refractivity contribution in [3.05, 3.63) is 38.5 Å². The summed E-state index contributed by atoms with van der Waals surface area (Å²) in [4.78, 5) is 2.18. The molecule has 7 heteroatoms. The highest BCUT2D eigenvalue weighted by Gasteiger charge is 2.26. The Bertz CT molecular complexity index is 737. The van der Waals surface area contributed by atoms with Gasteiger partial charge < -0.3 is 9.52 Å². The third-order valence-electron chi connectivity index (χ3n) is 3.41. The van der Waals surface area contributed by atoms with Gasteiger partial charge in [0.15, 0.2) is 0 Å². The molecule has 0 amide bonds. The van der Waals surface area contributed by atoms with Crippen molar-refractivity contribution in [3.63, 3.8) is 0 Å². The molecule has 0 saturated carbocycles. The average Bonchev–Trinajstić information content (AvgIpc) is 2.87. The fourth-order valence-corrected chi connectivity index (χ4v) is 4.75. The third kappa shape index (κ3) is 3.21. The van der Waals surface area contributed by atoms with Crippen LogP contribution in [0.1, 0.15) is 32.4 Å². The van der Waals surface area contributed by atoms with E-state index in [1.807, 2.05) is 19.9 Å². The second kappa shape index (κ2) is 5.92. The molecule has 0 aliphatic heterocycles. The maximum atomic E-state index is 12.4. The summed E-state index contributed by atoms with van der Waals surface area (Å²) in [6.07, 6.45) is 0. The summed E-state index contributed by atoms with van der Waals surface area (Å²) in [6.45, 7) is 7.10. The van der Waals surface area contributed by atoms with E-state index in [4.69, 9.17) is 4.42 Å². The van der Waals surface area contributed by atoms with Crippen LogP contribution >= 0.6 is 11.3 Å². The summed E-state index contributed by atoms with van der Waals surface area (Å²) < 4.78 is 32.8. The number of nitrogens with one attached hydrogen (secondary N) is 1. The first-order valence-corrected chi connectivity index (χ1v) is 8.81. The summed E-state index contributed by atoms with van der Waals surface area (Å²) in [5, 5.41) is 9.35. The molecule has 0 fully saturated rings. The van der Waals surface area contributed by atoms with Crippen molar-refractivity contribution in [3.8, 4) is 0 Å². The minimum Gasteiger partial charge on any atom is -0.465 e. The highest BCUT2D eigenvalue weighted by molar-refractivity contribution is 7.89. The molecule has 0 spiro atoms. The summed E-state index contributed by atoms with van der Waals surface area (Å²) in [5.74, 6) is 0.723. The van der Waals surface area contributed by atoms with Crippen molar-refractivity contribution in [1.82, 2.24) is 4.72 Å². The van der Waals surface area contributed by atoms with E-state index in [2.05, 4.69) is 4.72 Å². The van der Waals surface area contributed by atoms with Gasteiger partial charge >= 0.3 is 0 Å². The molecule has 2 aromatic rings. The number of rotatable bonds is 5. The molecular weight excluding hydrogens is 310 g/mol. The molecule has 2 rings (SSSR count). The maximum absolute atomic E-state index is 12.4. The molecule has 0 aliphatic carbocycles. The first-order valence-electron chi connectivity index (χ1n) is 6.51. The van der Waals surface area contributed by atoms with Crippen LogP contribution in [0.2, 0.25) is 0 Å². The Morgan fingerprint density at radius 3 is 2.43 bits per heavy atom. The zero-order valence-electron chi connectivity index (χ0n) is 12.5. The molecule has 0 unspecified atom stereocenters. The monoisotopic (exact) mass is 329 g/mol. The zero-order chi connectivity index (χ0) is 15.8. The lowest BCUT2D eigenvalue weighted by Gasteiger charge is -2.06. The van der Waals surface area contributed by atoms with Crippen LogP contribution in [0.3, 0.4) is 0 Å². The number of sulfonamides is 1.